The third-order valence-corrected chi connectivity index (χ3v) is 7.48. The number of hydrogen-bond donors (Lipinski definition) is 2. The van der Waals surface area contributed by atoms with Gasteiger partial charge in [0.15, 0.2) is 22.9 Å². The first-order chi connectivity index (χ1) is 27.1. The molecule has 0 amide bonds. The van der Waals surface area contributed by atoms with Crippen molar-refractivity contribution in [3.8, 4) is 34.5 Å². The summed E-state index contributed by atoms with van der Waals surface area (Å²) in [4.78, 5) is 42.8. The van der Waals surface area contributed by atoms with Crippen molar-refractivity contribution in [3.05, 3.63) is 119 Å². The number of aryl methyl sites for hydroxylation is 1. The largest absolute Gasteiger partial charge is 0.505 e. The average Bonchev–Trinajstić information content (AvgIpc) is 3.15. The summed E-state index contributed by atoms with van der Waals surface area (Å²) in [6, 6.07) is 14.4. The molecular weight excluding hydrogens is 763 g/mol. The maximum Gasteiger partial charge on any atom is 0.360 e. The van der Waals surface area contributed by atoms with Gasteiger partial charge in [0.25, 0.3) is 0 Å². The SMILES string of the molecule is COC(=O)c1nc(C)c2cc(Oc3cc(F)cc(F)c3)ccc2c1O.COC(=O)c1nc(COC(C)=O)c2cc(Oc3cc(F)cc(F)c3)ccc2c1O.[2H]PC. The van der Waals surface area contributed by atoms with Gasteiger partial charge in [-0.05, 0) is 43.3 Å². The number of benzene rings is 4. The van der Waals surface area contributed by atoms with E-state index in [4.69, 9.17) is 15.5 Å². The molecule has 6 rings (SSSR count). The molecule has 4 aromatic carbocycles. The molecule has 0 aliphatic rings. The molecule has 56 heavy (non-hydrogen) atoms. The lowest BCUT2D eigenvalue weighted by atomic mass is 10.1. The fraction of sp³-hybridized carbons (Fsp3) is 0.154. The van der Waals surface area contributed by atoms with Crippen molar-refractivity contribution in [2.75, 3.05) is 20.9 Å². The molecule has 0 aliphatic carbocycles. The van der Waals surface area contributed by atoms with E-state index in [1.165, 1.54) is 44.4 Å². The Bertz CT molecular complexity index is 2430. The second kappa shape index (κ2) is 18.7. The zero-order valence-electron chi connectivity index (χ0n) is 31.2. The predicted octanol–water partition coefficient (Wildman–Crippen LogP) is 8.46. The van der Waals surface area contributed by atoms with Gasteiger partial charge in [0, 0.05) is 70.6 Å². The predicted molar refractivity (Wildman–Crippen MR) is 198 cm³/mol. The molecule has 17 heteroatoms. The third-order valence-electron chi connectivity index (χ3n) is 7.48. The van der Waals surface area contributed by atoms with E-state index in [0.29, 0.717) is 42.9 Å². The highest BCUT2D eigenvalue weighted by Crippen LogP contribution is 2.36. The maximum atomic E-state index is 13.4. The van der Waals surface area contributed by atoms with Crippen LogP contribution in [0.15, 0.2) is 72.8 Å². The first-order valence-electron chi connectivity index (χ1n) is 16.5. The van der Waals surface area contributed by atoms with E-state index in [0.717, 1.165) is 37.4 Å². The van der Waals surface area contributed by atoms with Gasteiger partial charge in [-0.15, -0.1) is 9.18 Å². The fourth-order valence-electron chi connectivity index (χ4n) is 5.11. The molecule has 0 spiro atoms. The van der Waals surface area contributed by atoms with E-state index in [1.807, 2.05) is 6.66 Å². The monoisotopic (exact) mass is 797 g/mol. The molecular formula is C39H33F4N2O10P. The van der Waals surface area contributed by atoms with Crippen molar-refractivity contribution in [2.45, 2.75) is 20.5 Å². The van der Waals surface area contributed by atoms with Gasteiger partial charge in [-0.2, -0.15) is 0 Å². The normalized spacial score (nSPS) is 10.8. The Balaban J connectivity index is 0.000000239. The zero-order valence-corrected chi connectivity index (χ0v) is 31.2. The number of methoxy groups -OCH3 is 2. The van der Waals surface area contributed by atoms with E-state index in [-0.39, 0.29) is 52.1 Å². The Morgan fingerprint density at radius 3 is 1.50 bits per heavy atom. The maximum absolute atomic E-state index is 13.4. The Morgan fingerprint density at radius 1 is 0.661 bits per heavy atom. The highest BCUT2D eigenvalue weighted by atomic mass is 31.0. The summed E-state index contributed by atoms with van der Waals surface area (Å²) >= 11 is 0. The van der Waals surface area contributed by atoms with Gasteiger partial charge in [0.2, 0.25) is 0 Å². The zero-order chi connectivity index (χ0) is 42.0. The molecule has 0 aliphatic heterocycles. The Hall–Kier alpha value is -6.54. The Labute approximate surface area is 320 Å². The Morgan fingerprint density at radius 2 is 1.07 bits per heavy atom. The molecule has 2 heterocycles. The highest BCUT2D eigenvalue weighted by Gasteiger charge is 2.22. The van der Waals surface area contributed by atoms with Crippen molar-refractivity contribution in [3.63, 3.8) is 0 Å². The summed E-state index contributed by atoms with van der Waals surface area (Å²) in [5.41, 5.74) is 0.0877. The second-order valence-electron chi connectivity index (χ2n) is 11.2. The lowest BCUT2D eigenvalue weighted by Gasteiger charge is -2.13. The van der Waals surface area contributed by atoms with E-state index in [9.17, 15) is 42.2 Å². The summed E-state index contributed by atoms with van der Waals surface area (Å²) < 4.78 is 84.6. The summed E-state index contributed by atoms with van der Waals surface area (Å²) in [5.74, 6) is -5.66. The van der Waals surface area contributed by atoms with Gasteiger partial charge in [0.05, 0.1) is 21.2 Å². The number of aromatic nitrogens is 2. The van der Waals surface area contributed by atoms with Gasteiger partial charge in [-0.3, -0.25) is 4.79 Å². The van der Waals surface area contributed by atoms with Crippen LogP contribution in [0.1, 0.15) is 39.3 Å². The molecule has 0 fully saturated rings. The van der Waals surface area contributed by atoms with Crippen LogP contribution >= 0.6 is 9.18 Å². The lowest BCUT2D eigenvalue weighted by Crippen LogP contribution is -2.09. The molecule has 6 aromatic rings. The van der Waals surface area contributed by atoms with Crippen LogP contribution in [0.4, 0.5) is 17.6 Å². The minimum absolute atomic E-state index is 0.00198. The first kappa shape index (κ1) is 40.6. The number of aromatic hydroxyl groups is 2. The molecule has 2 N–H and O–H groups in total. The van der Waals surface area contributed by atoms with Gasteiger partial charge in [0.1, 0.15) is 52.9 Å². The fourth-order valence-corrected chi connectivity index (χ4v) is 5.11. The smallest absolute Gasteiger partial charge is 0.360 e. The standard InChI is InChI=1S/C20H15F2NO6.C18H13F2NO4.CH5P/c1-10(24)28-9-17-16-8-13(29-14-6-11(21)5-12(22)7-14)3-4-15(16)19(25)18(23-17)20(26)27-2;1-9-15-8-12(25-13-6-10(19)5-11(20)7-13)3-4-14(15)17(22)16(21-9)18(23)24-2;1-2/h3-8,25H,9H2,1-2H3;3-8,22H,1-2H3;2H2,1H3/i;;2D. The molecule has 0 saturated heterocycles. The first-order valence-corrected chi connectivity index (χ1v) is 17.0. The van der Waals surface area contributed by atoms with E-state index in [2.05, 4.69) is 19.4 Å². The third kappa shape index (κ3) is 10.2. The number of rotatable bonds is 8. The van der Waals surface area contributed by atoms with Crippen LogP contribution < -0.4 is 9.47 Å². The van der Waals surface area contributed by atoms with Crippen LogP contribution in [-0.2, 0) is 25.6 Å². The number of carbonyl (C=O) groups excluding carboxylic acids is 3. The van der Waals surface area contributed by atoms with Crippen molar-refractivity contribution < 1.29 is 65.8 Å². The van der Waals surface area contributed by atoms with Crippen LogP contribution in [0.2, 0.25) is 0 Å². The number of halogens is 4. The average molecular weight is 798 g/mol. The van der Waals surface area contributed by atoms with E-state index < -0.39 is 46.9 Å². The topological polar surface area (TPSA) is 164 Å². The Kier molecular flexibility index (Phi) is 13.6. The van der Waals surface area contributed by atoms with Crippen LogP contribution in [0, 0.1) is 30.2 Å². The summed E-state index contributed by atoms with van der Waals surface area (Å²) in [5, 5.41) is 22.1. The molecule has 1 atom stereocenters. The molecule has 1 unspecified atom stereocenters. The number of nitrogens with zero attached hydrogens (tertiary/aromatic N) is 2. The minimum Gasteiger partial charge on any atom is -0.505 e. The molecule has 0 bridgehead atoms. The van der Waals surface area contributed by atoms with Gasteiger partial charge in [-0.1, -0.05) is 6.66 Å². The molecule has 0 saturated carbocycles. The van der Waals surface area contributed by atoms with Gasteiger partial charge < -0.3 is 33.9 Å². The van der Waals surface area contributed by atoms with Crippen LogP contribution in [0.25, 0.3) is 21.5 Å². The molecule has 292 valence electrons. The summed E-state index contributed by atoms with van der Waals surface area (Å²) in [6.07, 6.45) is 0. The number of hydrogen-bond acceptors (Lipinski definition) is 12. The van der Waals surface area contributed by atoms with Crippen LogP contribution in [0.5, 0.6) is 34.5 Å². The van der Waals surface area contributed by atoms with E-state index >= 15 is 0 Å². The van der Waals surface area contributed by atoms with Crippen molar-refractivity contribution in [1.29, 1.82) is 1.28 Å². The van der Waals surface area contributed by atoms with Crippen molar-refractivity contribution in [2.24, 2.45) is 0 Å². The van der Waals surface area contributed by atoms with Crippen molar-refractivity contribution >= 4 is 48.6 Å². The van der Waals surface area contributed by atoms with Gasteiger partial charge >= 0.3 is 17.9 Å². The van der Waals surface area contributed by atoms with Crippen molar-refractivity contribution in [1.82, 2.24) is 9.97 Å². The molecule has 2 aromatic heterocycles. The minimum atomic E-state index is -0.871. The number of pyridine rings is 2. The summed E-state index contributed by atoms with van der Waals surface area (Å²) in [6.45, 7) is 4.39. The second-order valence-corrected chi connectivity index (χ2v) is 11.2. The van der Waals surface area contributed by atoms with Crippen LogP contribution in [-0.4, -0.2) is 60.3 Å². The van der Waals surface area contributed by atoms with E-state index in [1.54, 1.807) is 13.0 Å². The number of esters is 3. The van der Waals surface area contributed by atoms with Gasteiger partial charge in [-0.25, -0.2) is 37.1 Å². The number of fused-ring (bicyclic) bond motifs is 2. The lowest BCUT2D eigenvalue weighted by molar-refractivity contribution is -0.142. The molecule has 0 radical (unpaired) electrons. The summed E-state index contributed by atoms with van der Waals surface area (Å²) in [7, 11) is 2.66. The number of ether oxygens (including phenoxy) is 5. The quantitative estimate of drug-likeness (QED) is 0.0655. The highest BCUT2D eigenvalue weighted by molar-refractivity contribution is 7.15. The molecule has 12 nitrogen and oxygen atoms in total. The van der Waals surface area contributed by atoms with Crippen LogP contribution in [0.3, 0.4) is 0 Å². The number of carbonyl (C=O) groups is 3.